The molecule has 172 valence electrons. The number of fused-ring (bicyclic) bond motifs is 6. The van der Waals surface area contributed by atoms with Gasteiger partial charge in [0.05, 0.1) is 27.3 Å². The highest BCUT2D eigenvalue weighted by molar-refractivity contribution is 5.93. The number of rotatable bonds is 3. The molecule has 2 aromatic rings. The van der Waals surface area contributed by atoms with Gasteiger partial charge in [0.15, 0.2) is 5.78 Å². The van der Waals surface area contributed by atoms with Gasteiger partial charge in [0.1, 0.15) is 11.2 Å². The van der Waals surface area contributed by atoms with Gasteiger partial charge >= 0.3 is 5.97 Å². The molecule has 0 radical (unpaired) electrons. The summed E-state index contributed by atoms with van der Waals surface area (Å²) in [7, 11) is 0. The van der Waals surface area contributed by atoms with Crippen LogP contribution in [0.2, 0.25) is 0 Å². The van der Waals surface area contributed by atoms with Gasteiger partial charge in [-0.3, -0.25) is 19.7 Å². The Morgan fingerprint density at radius 3 is 2.39 bits per heavy atom. The van der Waals surface area contributed by atoms with Crippen LogP contribution in [0.3, 0.4) is 0 Å². The van der Waals surface area contributed by atoms with Crippen LogP contribution < -0.4 is 0 Å². The van der Waals surface area contributed by atoms with Crippen LogP contribution in [0.25, 0.3) is 11.0 Å². The quantitative estimate of drug-likeness (QED) is 0.380. The van der Waals surface area contributed by atoms with Crippen molar-refractivity contribution in [1.82, 2.24) is 9.97 Å². The van der Waals surface area contributed by atoms with Crippen LogP contribution in [0, 0.1) is 20.9 Å². The van der Waals surface area contributed by atoms with E-state index in [1.165, 1.54) is 18.2 Å². The Morgan fingerprint density at radius 1 is 1.03 bits per heavy atom. The van der Waals surface area contributed by atoms with E-state index in [1.807, 2.05) is 27.7 Å². The summed E-state index contributed by atoms with van der Waals surface area (Å²) < 4.78 is 5.94. The third-order valence-electron chi connectivity index (χ3n) is 8.43. The summed E-state index contributed by atoms with van der Waals surface area (Å²) in [6.07, 6.45) is 3.65. The number of nitrogens with zero attached hydrogens (tertiary/aromatic N) is 3. The number of nitro benzene ring substituents is 1. The van der Waals surface area contributed by atoms with Gasteiger partial charge < -0.3 is 4.74 Å². The maximum atomic E-state index is 13.9. The number of ether oxygens (including phenoxy) is 1. The predicted molar refractivity (Wildman–Crippen MR) is 120 cm³/mol. The summed E-state index contributed by atoms with van der Waals surface area (Å²) in [6, 6.07) is 4.42. The molecule has 1 fully saturated rings. The number of benzene rings is 1. The fourth-order valence-corrected chi connectivity index (χ4v) is 6.21. The van der Waals surface area contributed by atoms with Gasteiger partial charge in [-0.15, -0.1) is 0 Å². The van der Waals surface area contributed by atoms with Crippen LogP contribution in [-0.4, -0.2) is 26.6 Å². The molecule has 2 atom stereocenters. The average molecular weight is 450 g/mol. The average Bonchev–Trinajstić information content (AvgIpc) is 2.99. The van der Waals surface area contributed by atoms with Crippen molar-refractivity contribution in [1.29, 1.82) is 0 Å². The summed E-state index contributed by atoms with van der Waals surface area (Å²) in [5, 5.41) is 11.3. The molecule has 1 aromatic heterocycles. The van der Waals surface area contributed by atoms with E-state index in [9.17, 15) is 19.7 Å². The van der Waals surface area contributed by atoms with Crippen molar-refractivity contribution in [2.75, 3.05) is 0 Å². The number of carbonyl (C=O) groups excluding carboxylic acids is 2. The maximum Gasteiger partial charge on any atom is 0.323 e. The van der Waals surface area contributed by atoms with E-state index in [0.717, 1.165) is 12.1 Å². The molecule has 5 rings (SSSR count). The zero-order valence-electron chi connectivity index (χ0n) is 19.5. The lowest BCUT2D eigenvalue weighted by molar-refractivity contribution is -0.384. The molecule has 33 heavy (non-hydrogen) atoms. The molecular weight excluding hydrogens is 422 g/mol. The molecule has 1 saturated carbocycles. The number of hydrogen-bond acceptors (Lipinski definition) is 7. The number of esters is 1. The van der Waals surface area contributed by atoms with E-state index < -0.39 is 27.1 Å². The second-order valence-electron chi connectivity index (χ2n) is 11.2. The van der Waals surface area contributed by atoms with Gasteiger partial charge in [0, 0.05) is 36.5 Å². The van der Waals surface area contributed by atoms with Crippen molar-refractivity contribution in [2.45, 2.75) is 71.1 Å². The third-order valence-corrected chi connectivity index (χ3v) is 8.43. The minimum absolute atomic E-state index is 0.0491. The monoisotopic (exact) mass is 449 g/mol. The van der Waals surface area contributed by atoms with E-state index in [2.05, 4.69) is 6.92 Å². The Balaban J connectivity index is 1.65. The lowest BCUT2D eigenvalue weighted by Gasteiger charge is -2.39. The van der Waals surface area contributed by atoms with Crippen LogP contribution in [0.15, 0.2) is 30.0 Å². The normalized spacial score (nSPS) is 29.0. The largest absolute Gasteiger partial charge is 0.430 e. The van der Waals surface area contributed by atoms with Crippen molar-refractivity contribution in [2.24, 2.45) is 10.8 Å². The summed E-state index contributed by atoms with van der Waals surface area (Å²) in [5.41, 5.74) is -0.0967. The number of carbonyl (C=O) groups is 2. The Hall–Kier alpha value is -3.16. The van der Waals surface area contributed by atoms with E-state index in [-0.39, 0.29) is 16.9 Å². The highest BCUT2D eigenvalue weighted by atomic mass is 16.6. The molecule has 2 unspecified atom stereocenters. The van der Waals surface area contributed by atoms with E-state index in [0.29, 0.717) is 41.7 Å². The molecule has 1 heterocycles. The number of ketones is 1. The van der Waals surface area contributed by atoms with Crippen LogP contribution in [0.1, 0.15) is 71.7 Å². The second-order valence-corrected chi connectivity index (χ2v) is 11.2. The first-order chi connectivity index (χ1) is 15.3. The van der Waals surface area contributed by atoms with E-state index in [1.54, 1.807) is 6.07 Å². The van der Waals surface area contributed by atoms with Crippen LogP contribution in [0.5, 0.6) is 0 Å². The highest BCUT2D eigenvalue weighted by Crippen LogP contribution is 2.70. The second kappa shape index (κ2) is 6.46. The van der Waals surface area contributed by atoms with Gasteiger partial charge in [-0.25, -0.2) is 9.97 Å². The molecule has 2 bridgehead atoms. The van der Waals surface area contributed by atoms with Crippen molar-refractivity contribution >= 4 is 28.5 Å². The van der Waals surface area contributed by atoms with Crippen LogP contribution in [-0.2, 0) is 25.2 Å². The van der Waals surface area contributed by atoms with Crippen molar-refractivity contribution < 1.29 is 19.2 Å². The van der Waals surface area contributed by atoms with Crippen molar-refractivity contribution in [3.8, 4) is 0 Å². The Morgan fingerprint density at radius 2 is 1.73 bits per heavy atom. The first-order valence-corrected chi connectivity index (χ1v) is 11.2. The van der Waals surface area contributed by atoms with E-state index in [4.69, 9.17) is 14.7 Å². The summed E-state index contributed by atoms with van der Waals surface area (Å²) >= 11 is 0. The molecule has 0 N–H and O–H groups in total. The standard InChI is InChI=1S/C25H27N3O5/c1-22(2)12-15(29)11-16(13-22)33-21(30)25-9-8-24(5,23(25,3)4)19-20(25)27-18-10-14(28(31)32)6-7-17(18)26-19/h6-7,10-11H,8-9,12-13H2,1-5H3. The van der Waals surface area contributed by atoms with Crippen molar-refractivity contribution in [3.05, 3.63) is 51.5 Å². The highest BCUT2D eigenvalue weighted by Gasteiger charge is 2.74. The Kier molecular flexibility index (Phi) is 4.24. The Labute approximate surface area is 191 Å². The lowest BCUT2D eigenvalue weighted by atomic mass is 9.64. The fourth-order valence-electron chi connectivity index (χ4n) is 6.21. The number of non-ortho nitro benzene ring substituents is 1. The lowest BCUT2D eigenvalue weighted by Crippen LogP contribution is -2.47. The summed E-state index contributed by atoms with van der Waals surface area (Å²) in [5.74, 6) is -0.0874. The smallest absolute Gasteiger partial charge is 0.323 e. The maximum absolute atomic E-state index is 13.9. The number of allylic oxidation sites excluding steroid dienone is 2. The van der Waals surface area contributed by atoms with Crippen LogP contribution >= 0.6 is 0 Å². The zero-order chi connectivity index (χ0) is 24.0. The van der Waals surface area contributed by atoms with Gasteiger partial charge in [-0.2, -0.15) is 0 Å². The van der Waals surface area contributed by atoms with E-state index >= 15 is 0 Å². The molecule has 8 nitrogen and oxygen atoms in total. The Bertz CT molecular complexity index is 1290. The molecule has 8 heteroatoms. The first-order valence-electron chi connectivity index (χ1n) is 11.2. The first kappa shape index (κ1) is 21.7. The molecule has 0 saturated heterocycles. The van der Waals surface area contributed by atoms with Gasteiger partial charge in [0.2, 0.25) is 0 Å². The summed E-state index contributed by atoms with van der Waals surface area (Å²) in [4.78, 5) is 46.6. The fraction of sp³-hybridized carbons (Fsp3) is 0.520. The molecule has 1 aromatic carbocycles. The molecule has 0 spiro atoms. The minimum atomic E-state index is -1.05. The van der Waals surface area contributed by atoms with Gasteiger partial charge in [-0.1, -0.05) is 34.6 Å². The molecule has 3 aliphatic carbocycles. The van der Waals surface area contributed by atoms with Crippen molar-refractivity contribution in [3.63, 3.8) is 0 Å². The minimum Gasteiger partial charge on any atom is -0.430 e. The van der Waals surface area contributed by atoms with Gasteiger partial charge in [-0.05, 0) is 29.7 Å². The number of aromatic nitrogens is 2. The zero-order valence-corrected chi connectivity index (χ0v) is 19.5. The van der Waals surface area contributed by atoms with Gasteiger partial charge in [0.25, 0.3) is 5.69 Å². The third kappa shape index (κ3) is 2.75. The SMILES string of the molecule is CC1(C)CC(=O)C=C(OC(=O)C23CCC(C)(c4nc5ccc([N+](=O)[O-])cc5nc42)C3(C)C)C1. The number of hydrogen-bond donors (Lipinski definition) is 0. The summed E-state index contributed by atoms with van der Waals surface area (Å²) in [6.45, 7) is 10.2. The molecule has 0 amide bonds. The molecule has 3 aliphatic rings. The predicted octanol–water partition coefficient (Wildman–Crippen LogP) is 4.68. The topological polar surface area (TPSA) is 112 Å². The molecular formula is C25H27N3O5. The van der Waals surface area contributed by atoms with Crippen LogP contribution in [0.4, 0.5) is 5.69 Å². The molecule has 0 aliphatic heterocycles. The number of nitro groups is 1.